The maximum absolute atomic E-state index is 2.84. The SMILES string of the molecule is CCC1(C)C2CCC(C)C34CC5C6CCC7CC(C3C1(C)C52)C74C6. The first kappa shape index (κ1) is 14.1. The summed E-state index contributed by atoms with van der Waals surface area (Å²) >= 11 is 0. The number of hydrogen-bond acceptors (Lipinski definition) is 0. The predicted molar refractivity (Wildman–Crippen MR) is 97.3 cm³/mol. The number of hydrogen-bond donors (Lipinski definition) is 0. The van der Waals surface area contributed by atoms with Crippen molar-refractivity contribution in [2.75, 3.05) is 0 Å². The van der Waals surface area contributed by atoms with E-state index in [9.17, 15) is 0 Å². The molecule has 12 unspecified atom stereocenters. The Balaban J connectivity index is 1.52. The predicted octanol–water partition coefficient (Wildman–Crippen LogP) is 6.16. The minimum absolute atomic E-state index is 0.671. The quantitative estimate of drug-likeness (QED) is 0.542. The summed E-state index contributed by atoms with van der Waals surface area (Å²) in [5, 5.41) is 0. The highest BCUT2D eigenvalue weighted by Crippen LogP contribution is 2.97. The van der Waals surface area contributed by atoms with Gasteiger partial charge in [-0.25, -0.2) is 0 Å². The van der Waals surface area contributed by atoms with E-state index in [1.165, 1.54) is 6.42 Å². The van der Waals surface area contributed by atoms with Gasteiger partial charge in [0.15, 0.2) is 0 Å². The van der Waals surface area contributed by atoms with E-state index in [4.69, 9.17) is 0 Å². The van der Waals surface area contributed by atoms with Crippen LogP contribution in [-0.4, -0.2) is 0 Å². The molecule has 0 N–H and O–H groups in total. The van der Waals surface area contributed by atoms with Gasteiger partial charge in [-0.15, -0.1) is 0 Å². The monoisotopic (exact) mass is 324 g/mol. The van der Waals surface area contributed by atoms with Gasteiger partial charge in [0.1, 0.15) is 0 Å². The molecule has 8 saturated carbocycles. The molecule has 0 aliphatic heterocycles. The molecule has 24 heavy (non-hydrogen) atoms. The third kappa shape index (κ3) is 0.915. The summed E-state index contributed by atoms with van der Waals surface area (Å²) in [6, 6.07) is 0. The van der Waals surface area contributed by atoms with E-state index in [1.807, 2.05) is 0 Å². The van der Waals surface area contributed by atoms with Gasteiger partial charge >= 0.3 is 0 Å². The van der Waals surface area contributed by atoms with Gasteiger partial charge in [0.05, 0.1) is 0 Å². The summed E-state index contributed by atoms with van der Waals surface area (Å²) < 4.78 is 0. The van der Waals surface area contributed by atoms with Crippen LogP contribution < -0.4 is 0 Å². The van der Waals surface area contributed by atoms with E-state index in [0.717, 1.165) is 58.2 Å². The normalized spacial score (nSPS) is 76.0. The van der Waals surface area contributed by atoms with Gasteiger partial charge in [-0.1, -0.05) is 27.7 Å². The molecule has 0 aromatic rings. The van der Waals surface area contributed by atoms with Crippen molar-refractivity contribution in [3.05, 3.63) is 0 Å². The van der Waals surface area contributed by atoms with Gasteiger partial charge in [-0.3, -0.25) is 0 Å². The zero-order valence-corrected chi connectivity index (χ0v) is 16.3. The van der Waals surface area contributed by atoms with Crippen LogP contribution in [0.2, 0.25) is 0 Å². The van der Waals surface area contributed by atoms with Crippen molar-refractivity contribution in [2.24, 2.45) is 69.0 Å². The van der Waals surface area contributed by atoms with Crippen LogP contribution in [0.1, 0.15) is 79.1 Å². The Morgan fingerprint density at radius 1 is 0.917 bits per heavy atom. The molecule has 0 amide bonds. The molecule has 8 aliphatic carbocycles. The molecule has 132 valence electrons. The molecule has 8 aliphatic rings. The van der Waals surface area contributed by atoms with Crippen molar-refractivity contribution >= 4 is 0 Å². The molecule has 2 spiro atoms. The fraction of sp³-hybridized carbons (Fsp3) is 1.00. The average molecular weight is 325 g/mol. The fourth-order valence-electron chi connectivity index (χ4n) is 12.6. The highest BCUT2D eigenvalue weighted by Gasteiger charge is 2.91. The topological polar surface area (TPSA) is 0 Å². The number of rotatable bonds is 1. The molecule has 7 bridgehead atoms. The Kier molecular flexibility index (Phi) is 2.09. The second-order valence-corrected chi connectivity index (χ2v) is 12.2. The summed E-state index contributed by atoms with van der Waals surface area (Å²) in [5.74, 6) is 8.93. The summed E-state index contributed by atoms with van der Waals surface area (Å²) in [6.45, 7) is 10.8. The molecule has 0 heteroatoms. The minimum Gasteiger partial charge on any atom is -0.0648 e. The largest absolute Gasteiger partial charge is 0.0648 e. The van der Waals surface area contributed by atoms with Crippen LogP contribution in [0.15, 0.2) is 0 Å². The van der Waals surface area contributed by atoms with Crippen molar-refractivity contribution in [3.8, 4) is 0 Å². The maximum atomic E-state index is 2.84. The average Bonchev–Trinajstić information content (AvgIpc) is 2.58. The van der Waals surface area contributed by atoms with Crippen molar-refractivity contribution < 1.29 is 0 Å². The zero-order chi connectivity index (χ0) is 16.3. The van der Waals surface area contributed by atoms with E-state index in [0.29, 0.717) is 10.8 Å². The van der Waals surface area contributed by atoms with E-state index < -0.39 is 0 Å². The lowest BCUT2D eigenvalue weighted by molar-refractivity contribution is -0.482. The van der Waals surface area contributed by atoms with Gasteiger partial charge in [0.2, 0.25) is 0 Å². The Hall–Kier alpha value is 0. The van der Waals surface area contributed by atoms with E-state index in [1.54, 1.807) is 44.9 Å². The number of fused-ring (bicyclic) bond motifs is 3. The van der Waals surface area contributed by atoms with E-state index >= 15 is 0 Å². The molecule has 12 atom stereocenters. The van der Waals surface area contributed by atoms with Gasteiger partial charge < -0.3 is 0 Å². The summed E-state index contributed by atoms with van der Waals surface area (Å²) in [7, 11) is 0. The molecule has 0 heterocycles. The molecule has 0 nitrogen and oxygen atoms in total. The first-order chi connectivity index (χ1) is 11.5. The third-order valence-electron chi connectivity index (χ3n) is 13.2. The van der Waals surface area contributed by atoms with Crippen LogP contribution in [0, 0.1) is 69.0 Å². The van der Waals surface area contributed by atoms with Gasteiger partial charge in [-0.05, 0) is 120 Å². The van der Waals surface area contributed by atoms with Crippen LogP contribution in [0.5, 0.6) is 0 Å². The maximum Gasteiger partial charge on any atom is -0.0170 e. The van der Waals surface area contributed by atoms with Gasteiger partial charge in [0, 0.05) is 0 Å². The van der Waals surface area contributed by atoms with E-state index in [2.05, 4.69) is 27.7 Å². The summed E-state index contributed by atoms with van der Waals surface area (Å²) in [4.78, 5) is 0. The lowest BCUT2D eigenvalue weighted by Gasteiger charge is -2.96. The zero-order valence-electron chi connectivity index (χ0n) is 16.3. The molecule has 0 saturated heterocycles. The highest BCUT2D eigenvalue weighted by molar-refractivity contribution is 5.39. The minimum atomic E-state index is 0.671. The van der Waals surface area contributed by atoms with Crippen LogP contribution in [0.3, 0.4) is 0 Å². The van der Waals surface area contributed by atoms with Crippen molar-refractivity contribution in [1.29, 1.82) is 0 Å². The molecule has 8 fully saturated rings. The summed E-state index contributed by atoms with van der Waals surface area (Å²) in [5.41, 5.74) is 3.04. The Labute approximate surface area is 148 Å². The third-order valence-corrected chi connectivity index (χ3v) is 13.2. The lowest BCUT2D eigenvalue weighted by Crippen LogP contribution is -2.90. The molecule has 0 aromatic heterocycles. The molecule has 0 radical (unpaired) electrons. The van der Waals surface area contributed by atoms with Gasteiger partial charge in [-0.2, -0.15) is 0 Å². The Morgan fingerprint density at radius 2 is 1.75 bits per heavy atom. The molecular weight excluding hydrogens is 288 g/mol. The van der Waals surface area contributed by atoms with Crippen LogP contribution in [0.4, 0.5) is 0 Å². The summed E-state index contributed by atoms with van der Waals surface area (Å²) in [6.07, 6.45) is 12.9. The molecule has 8 rings (SSSR count). The van der Waals surface area contributed by atoms with Crippen LogP contribution in [0.25, 0.3) is 0 Å². The Bertz CT molecular complexity index is 650. The smallest absolute Gasteiger partial charge is 0.0170 e. The first-order valence-electron chi connectivity index (χ1n) is 11.5. The standard InChI is InChI=1S/C24H36/c1-5-21(3)17-9-6-13(2)23-12-16-14-7-8-15-10-18(24(15,23)11-14)20(23)22(21,4)19(16)17/h13-20H,5-12H2,1-4H3. The first-order valence-corrected chi connectivity index (χ1v) is 11.5. The second-order valence-electron chi connectivity index (χ2n) is 12.2. The molecular formula is C24H36. The van der Waals surface area contributed by atoms with Crippen molar-refractivity contribution in [2.45, 2.75) is 79.1 Å². The van der Waals surface area contributed by atoms with Crippen LogP contribution in [-0.2, 0) is 0 Å². The van der Waals surface area contributed by atoms with Crippen molar-refractivity contribution in [3.63, 3.8) is 0 Å². The second kappa shape index (κ2) is 3.55. The van der Waals surface area contributed by atoms with Crippen LogP contribution >= 0.6 is 0 Å². The van der Waals surface area contributed by atoms with Crippen molar-refractivity contribution in [1.82, 2.24) is 0 Å². The van der Waals surface area contributed by atoms with E-state index in [-0.39, 0.29) is 0 Å². The van der Waals surface area contributed by atoms with Gasteiger partial charge in [0.25, 0.3) is 0 Å². The fourth-order valence-corrected chi connectivity index (χ4v) is 12.6. The highest BCUT2D eigenvalue weighted by atomic mass is 15.0. The lowest BCUT2D eigenvalue weighted by atomic mass is 9.08. The molecule has 0 aromatic carbocycles. The Morgan fingerprint density at radius 3 is 2.54 bits per heavy atom.